The van der Waals surface area contributed by atoms with E-state index >= 15 is 0 Å². The molecule has 0 amide bonds. The van der Waals surface area contributed by atoms with E-state index in [4.69, 9.17) is 11.6 Å². The van der Waals surface area contributed by atoms with Gasteiger partial charge in [0.25, 0.3) is 0 Å². The second-order valence-electron chi connectivity index (χ2n) is 2.22. The highest BCUT2D eigenvalue weighted by molar-refractivity contribution is 6.31. The maximum Gasteiger partial charge on any atom is 0.310 e. The second kappa shape index (κ2) is 4.07. The third kappa shape index (κ3) is 2.20. The van der Waals surface area contributed by atoms with Crippen LogP contribution in [0.5, 0.6) is 0 Å². The number of carbonyl (C=O) groups is 1. The van der Waals surface area contributed by atoms with Gasteiger partial charge in [-0.2, -0.15) is 0 Å². The zero-order chi connectivity index (χ0) is 8.97. The molecule has 0 aliphatic rings. The van der Waals surface area contributed by atoms with Crippen LogP contribution in [0.1, 0.15) is 5.56 Å². The summed E-state index contributed by atoms with van der Waals surface area (Å²) in [5.41, 5.74) is 0.735. The molecule has 1 heterocycles. The lowest BCUT2D eigenvalue weighted by Crippen LogP contribution is -2.04. The Morgan fingerprint density at radius 3 is 3.08 bits per heavy atom. The van der Waals surface area contributed by atoms with E-state index in [2.05, 4.69) is 9.72 Å². The third-order valence-electron chi connectivity index (χ3n) is 1.42. The number of carbonyl (C=O) groups excluding carboxylic acids is 1. The van der Waals surface area contributed by atoms with Crippen molar-refractivity contribution in [3.05, 3.63) is 29.0 Å². The lowest BCUT2D eigenvalue weighted by molar-refractivity contribution is -0.139. The zero-order valence-electron chi connectivity index (χ0n) is 6.58. The fraction of sp³-hybridized carbons (Fsp3) is 0.250. The molecule has 0 saturated carbocycles. The molecule has 1 rings (SSSR count). The van der Waals surface area contributed by atoms with E-state index in [9.17, 15) is 4.79 Å². The molecule has 0 unspecified atom stereocenters. The number of methoxy groups -OCH3 is 1. The summed E-state index contributed by atoms with van der Waals surface area (Å²) < 4.78 is 4.49. The molecule has 64 valence electrons. The molecular weight excluding hydrogens is 178 g/mol. The van der Waals surface area contributed by atoms with Crippen LogP contribution < -0.4 is 0 Å². The Labute approximate surface area is 75.3 Å². The van der Waals surface area contributed by atoms with Gasteiger partial charge in [0, 0.05) is 12.4 Å². The van der Waals surface area contributed by atoms with Crippen LogP contribution in [-0.4, -0.2) is 18.1 Å². The summed E-state index contributed by atoms with van der Waals surface area (Å²) in [5, 5.41) is 0.489. The van der Waals surface area contributed by atoms with Gasteiger partial charge in [0.15, 0.2) is 0 Å². The molecule has 0 spiro atoms. The van der Waals surface area contributed by atoms with Crippen molar-refractivity contribution in [2.24, 2.45) is 0 Å². The lowest BCUT2D eigenvalue weighted by Gasteiger charge is -2.00. The van der Waals surface area contributed by atoms with Gasteiger partial charge >= 0.3 is 5.97 Å². The van der Waals surface area contributed by atoms with E-state index in [1.165, 1.54) is 13.3 Å². The first kappa shape index (κ1) is 9.00. The molecule has 0 aliphatic carbocycles. The van der Waals surface area contributed by atoms with Crippen molar-refractivity contribution in [1.29, 1.82) is 0 Å². The first-order chi connectivity index (χ1) is 5.74. The molecule has 0 atom stereocenters. The van der Waals surface area contributed by atoms with Crippen LogP contribution in [0, 0.1) is 0 Å². The summed E-state index contributed by atoms with van der Waals surface area (Å²) in [7, 11) is 1.34. The fourth-order valence-corrected chi connectivity index (χ4v) is 0.961. The molecule has 1 aromatic heterocycles. The van der Waals surface area contributed by atoms with Crippen molar-refractivity contribution in [2.75, 3.05) is 7.11 Å². The largest absolute Gasteiger partial charge is 0.469 e. The predicted molar refractivity (Wildman–Crippen MR) is 45.0 cm³/mol. The van der Waals surface area contributed by atoms with Gasteiger partial charge in [-0.1, -0.05) is 11.6 Å². The predicted octanol–water partition coefficient (Wildman–Crippen LogP) is 1.45. The minimum Gasteiger partial charge on any atom is -0.469 e. The third-order valence-corrected chi connectivity index (χ3v) is 1.76. The van der Waals surface area contributed by atoms with E-state index in [-0.39, 0.29) is 12.4 Å². The number of ether oxygens (including phenoxy) is 1. The molecule has 3 nitrogen and oxygen atoms in total. The van der Waals surface area contributed by atoms with E-state index in [0.717, 1.165) is 5.56 Å². The van der Waals surface area contributed by atoms with Crippen molar-refractivity contribution in [3.8, 4) is 0 Å². The number of hydrogen-bond acceptors (Lipinski definition) is 3. The molecule has 4 heteroatoms. The Kier molecular flexibility index (Phi) is 3.05. The van der Waals surface area contributed by atoms with Gasteiger partial charge in [-0.3, -0.25) is 9.78 Å². The van der Waals surface area contributed by atoms with E-state index in [1.54, 1.807) is 12.3 Å². The van der Waals surface area contributed by atoms with Gasteiger partial charge < -0.3 is 4.74 Å². The van der Waals surface area contributed by atoms with Crippen LogP contribution in [0.15, 0.2) is 18.5 Å². The number of nitrogens with zero attached hydrogens (tertiary/aromatic N) is 1. The Morgan fingerprint density at radius 2 is 2.50 bits per heavy atom. The van der Waals surface area contributed by atoms with Crippen molar-refractivity contribution in [1.82, 2.24) is 4.98 Å². The summed E-state index contributed by atoms with van der Waals surface area (Å²) in [4.78, 5) is 14.6. The summed E-state index contributed by atoms with van der Waals surface area (Å²) in [6.45, 7) is 0. The molecular formula is C8H8ClNO2. The first-order valence-corrected chi connectivity index (χ1v) is 3.77. The molecule has 0 aliphatic heterocycles. The van der Waals surface area contributed by atoms with Crippen LogP contribution in [0.3, 0.4) is 0 Å². The molecule has 0 saturated heterocycles. The number of halogens is 1. The van der Waals surface area contributed by atoms with Crippen LogP contribution in [0.4, 0.5) is 0 Å². The SMILES string of the molecule is COC(=O)Cc1ccncc1Cl. The van der Waals surface area contributed by atoms with Gasteiger partial charge in [0.1, 0.15) is 0 Å². The standard InChI is InChI=1S/C8H8ClNO2/c1-12-8(11)4-6-2-3-10-5-7(6)9/h2-3,5H,4H2,1H3. The van der Waals surface area contributed by atoms with Gasteiger partial charge in [-0.25, -0.2) is 0 Å². The molecule has 0 radical (unpaired) electrons. The van der Waals surface area contributed by atoms with Crippen molar-refractivity contribution < 1.29 is 9.53 Å². The Bertz CT molecular complexity index is 288. The Morgan fingerprint density at radius 1 is 1.75 bits per heavy atom. The summed E-state index contributed by atoms with van der Waals surface area (Å²) >= 11 is 5.76. The van der Waals surface area contributed by atoms with Crippen molar-refractivity contribution in [3.63, 3.8) is 0 Å². The van der Waals surface area contributed by atoms with Gasteiger partial charge in [-0.05, 0) is 11.6 Å². The Hall–Kier alpha value is -1.09. The minimum absolute atomic E-state index is 0.192. The lowest BCUT2D eigenvalue weighted by atomic mass is 10.2. The molecule has 0 fully saturated rings. The molecule has 12 heavy (non-hydrogen) atoms. The van der Waals surface area contributed by atoms with Gasteiger partial charge in [-0.15, -0.1) is 0 Å². The van der Waals surface area contributed by atoms with Gasteiger partial charge in [0.05, 0.1) is 18.6 Å². The van der Waals surface area contributed by atoms with E-state index in [0.29, 0.717) is 5.02 Å². The zero-order valence-corrected chi connectivity index (χ0v) is 7.34. The topological polar surface area (TPSA) is 39.2 Å². The number of esters is 1. The van der Waals surface area contributed by atoms with Gasteiger partial charge in [0.2, 0.25) is 0 Å². The highest BCUT2D eigenvalue weighted by Crippen LogP contribution is 2.13. The monoisotopic (exact) mass is 185 g/mol. The Balaban J connectivity index is 2.75. The number of hydrogen-bond donors (Lipinski definition) is 0. The summed E-state index contributed by atoms with van der Waals surface area (Å²) in [5.74, 6) is -0.303. The average Bonchev–Trinajstić information content (AvgIpc) is 2.09. The highest BCUT2D eigenvalue weighted by Gasteiger charge is 2.05. The number of rotatable bonds is 2. The fourth-order valence-electron chi connectivity index (χ4n) is 0.775. The second-order valence-corrected chi connectivity index (χ2v) is 2.63. The first-order valence-electron chi connectivity index (χ1n) is 3.39. The molecule has 0 N–H and O–H groups in total. The van der Waals surface area contributed by atoms with E-state index < -0.39 is 0 Å². The maximum atomic E-state index is 10.8. The maximum absolute atomic E-state index is 10.8. The van der Waals surface area contributed by atoms with Crippen molar-refractivity contribution >= 4 is 17.6 Å². The highest BCUT2D eigenvalue weighted by atomic mass is 35.5. The van der Waals surface area contributed by atoms with Crippen molar-refractivity contribution in [2.45, 2.75) is 6.42 Å². The van der Waals surface area contributed by atoms with Crippen LogP contribution in [-0.2, 0) is 16.0 Å². The number of aromatic nitrogens is 1. The van der Waals surface area contributed by atoms with Crippen LogP contribution in [0.2, 0.25) is 5.02 Å². The van der Waals surface area contributed by atoms with Crippen LogP contribution >= 0.6 is 11.6 Å². The quantitative estimate of drug-likeness (QED) is 0.655. The molecule has 0 aromatic carbocycles. The van der Waals surface area contributed by atoms with E-state index in [1.807, 2.05) is 0 Å². The average molecular weight is 186 g/mol. The minimum atomic E-state index is -0.303. The smallest absolute Gasteiger partial charge is 0.310 e. The summed E-state index contributed by atoms with van der Waals surface area (Å²) in [6, 6.07) is 1.69. The summed E-state index contributed by atoms with van der Waals surface area (Å²) in [6.07, 6.45) is 3.28. The normalized spacial score (nSPS) is 9.50. The molecule has 1 aromatic rings. The van der Waals surface area contributed by atoms with Crippen LogP contribution in [0.25, 0.3) is 0 Å². The molecule has 0 bridgehead atoms. The number of pyridine rings is 1.